The minimum atomic E-state index is -1.25. The topological polar surface area (TPSA) is 50.3 Å². The molecule has 4 radical (unpaired) electrons. The molecule has 3 aliphatic rings. The lowest BCUT2D eigenvalue weighted by Gasteiger charge is -2.45. The van der Waals surface area contributed by atoms with E-state index in [0.717, 1.165) is 44.8 Å². The van der Waals surface area contributed by atoms with E-state index in [1.54, 1.807) is 6.07 Å². The molecule has 0 spiro atoms. The molecule has 1 aromatic heterocycles. The first-order chi connectivity index (χ1) is 15.8. The fourth-order valence-electron chi connectivity index (χ4n) is 5.66. The maximum atomic E-state index is 14.0. The molecule has 0 amide bonds. The highest BCUT2D eigenvalue weighted by Gasteiger charge is 2.46. The van der Waals surface area contributed by atoms with Crippen LogP contribution in [-0.2, 0) is 4.74 Å². The van der Waals surface area contributed by atoms with E-state index < -0.39 is 22.8 Å². The van der Waals surface area contributed by atoms with Crippen molar-refractivity contribution in [1.82, 2.24) is 15.1 Å². The van der Waals surface area contributed by atoms with Crippen molar-refractivity contribution in [2.75, 3.05) is 31.6 Å². The van der Waals surface area contributed by atoms with Crippen molar-refractivity contribution in [3.8, 4) is 11.3 Å². The number of rotatable bonds is 5. The monoisotopic (exact) mass is 452 g/mol. The van der Waals surface area contributed by atoms with Crippen molar-refractivity contribution in [2.24, 2.45) is 17.8 Å². The summed E-state index contributed by atoms with van der Waals surface area (Å²) < 4.78 is 46.4. The molecule has 5 rings (SSSR count). The predicted octanol–water partition coefficient (Wildman–Crippen LogP) is 3.10. The molecule has 0 bridgehead atoms. The van der Waals surface area contributed by atoms with E-state index in [2.05, 4.69) is 20.4 Å². The highest BCUT2D eigenvalue weighted by Crippen LogP contribution is 2.42. The molecule has 3 atom stereocenters. The maximum Gasteiger partial charge on any atom is 0.168 e. The second kappa shape index (κ2) is 8.95. The van der Waals surface area contributed by atoms with Crippen molar-refractivity contribution in [3.05, 3.63) is 41.7 Å². The van der Waals surface area contributed by atoms with Crippen LogP contribution in [0, 0.1) is 35.2 Å². The second-order valence-electron chi connectivity index (χ2n) is 9.56. The van der Waals surface area contributed by atoms with Crippen molar-refractivity contribution in [3.63, 3.8) is 0 Å². The molecule has 170 valence electrons. The van der Waals surface area contributed by atoms with Crippen LogP contribution in [0.1, 0.15) is 25.7 Å². The number of likely N-dealkylation sites (tertiary alicyclic amines) is 1. The number of nitrogens with one attached hydrogen (secondary N) is 1. The van der Waals surface area contributed by atoms with E-state index in [4.69, 9.17) is 20.4 Å². The lowest BCUT2D eigenvalue weighted by molar-refractivity contribution is 0.0375. The fraction of sp³-hybridized carbons (Fsp3) is 0.565. The van der Waals surface area contributed by atoms with Crippen LogP contribution in [0.3, 0.4) is 0 Å². The largest absolute Gasteiger partial charge is 0.381 e. The molecule has 10 heteroatoms. The van der Waals surface area contributed by atoms with Gasteiger partial charge in [-0.2, -0.15) is 0 Å². The summed E-state index contributed by atoms with van der Waals surface area (Å²) in [7, 11) is 13.2. The maximum absolute atomic E-state index is 14.0. The van der Waals surface area contributed by atoms with E-state index >= 15 is 0 Å². The van der Waals surface area contributed by atoms with Crippen LogP contribution in [0.25, 0.3) is 11.3 Å². The summed E-state index contributed by atoms with van der Waals surface area (Å²) in [5.74, 6) is -1.46. The third kappa shape index (κ3) is 4.52. The number of hydrogen-bond donors (Lipinski definition) is 1. The minimum absolute atomic E-state index is 0.0747. The van der Waals surface area contributed by atoms with Crippen LogP contribution in [0.4, 0.5) is 19.0 Å². The van der Waals surface area contributed by atoms with E-state index in [1.807, 2.05) is 0 Å². The quantitative estimate of drug-likeness (QED) is 0.559. The average molecular weight is 452 g/mol. The number of fused-ring (bicyclic) bond motifs is 1. The van der Waals surface area contributed by atoms with E-state index in [-0.39, 0.29) is 23.2 Å². The van der Waals surface area contributed by atoms with Crippen molar-refractivity contribution in [1.29, 1.82) is 0 Å². The summed E-state index contributed by atoms with van der Waals surface area (Å²) in [5.41, 5.74) is -0.177. The van der Waals surface area contributed by atoms with Gasteiger partial charge in [0, 0.05) is 44.0 Å². The molecule has 1 unspecified atom stereocenters. The Morgan fingerprint density at radius 1 is 1.00 bits per heavy atom. The molecule has 2 aromatic rings. The summed E-state index contributed by atoms with van der Waals surface area (Å²) in [5, 5.41) is 10.6. The standard InChI is InChI=1S/C23H25B2F3N4O/c24-23(25,15-3-5-33-6-4-15)32-11-13-7-17(8-14(13)12-32)29-21-2-1-20(30-31-21)18-9-16(26)10-19(27)22(18)28/h1-2,9-10,13-15,17H,3-8,11-12H2,(H,29,31)/t13-,14+,17?. The van der Waals surface area contributed by atoms with Gasteiger partial charge in [-0.15, -0.1) is 10.2 Å². The van der Waals surface area contributed by atoms with Gasteiger partial charge in [0.05, 0.1) is 21.4 Å². The van der Waals surface area contributed by atoms with Crippen molar-refractivity contribution in [2.45, 2.75) is 37.1 Å². The number of benzene rings is 1. The number of halogens is 3. The van der Waals surface area contributed by atoms with Crippen LogP contribution < -0.4 is 5.32 Å². The van der Waals surface area contributed by atoms with Crippen LogP contribution in [0.5, 0.6) is 0 Å². The van der Waals surface area contributed by atoms with Crippen LogP contribution in [0.2, 0.25) is 0 Å². The average Bonchev–Trinajstić information content (AvgIpc) is 3.37. The van der Waals surface area contributed by atoms with E-state index in [0.29, 0.717) is 36.9 Å². The summed E-state index contributed by atoms with van der Waals surface area (Å²) in [6.45, 7) is 3.19. The molecule has 1 saturated carbocycles. The highest BCUT2D eigenvalue weighted by atomic mass is 19.2. The predicted molar refractivity (Wildman–Crippen MR) is 120 cm³/mol. The first-order valence-corrected chi connectivity index (χ1v) is 11.5. The molecular formula is C23H25B2F3N4O. The normalized spacial score (nSPS) is 26.5. The third-order valence-corrected chi connectivity index (χ3v) is 7.46. The summed E-state index contributed by atoms with van der Waals surface area (Å²) >= 11 is 0. The van der Waals surface area contributed by atoms with Crippen LogP contribution >= 0.6 is 0 Å². The molecule has 2 aliphatic heterocycles. The minimum Gasteiger partial charge on any atom is -0.381 e. The van der Waals surface area contributed by atoms with Gasteiger partial charge in [0.25, 0.3) is 0 Å². The van der Waals surface area contributed by atoms with Crippen molar-refractivity contribution < 1.29 is 17.9 Å². The fourth-order valence-corrected chi connectivity index (χ4v) is 5.66. The highest BCUT2D eigenvalue weighted by molar-refractivity contribution is 6.40. The molecular weight excluding hydrogens is 427 g/mol. The zero-order valence-corrected chi connectivity index (χ0v) is 18.3. The number of ether oxygens (including phenoxy) is 1. The van der Waals surface area contributed by atoms with E-state index in [1.165, 1.54) is 6.07 Å². The Balaban J connectivity index is 1.19. The second-order valence-corrected chi connectivity index (χ2v) is 9.56. The van der Waals surface area contributed by atoms with Gasteiger partial charge in [0.2, 0.25) is 0 Å². The third-order valence-electron chi connectivity index (χ3n) is 7.46. The molecule has 1 aromatic carbocycles. The molecule has 3 fully saturated rings. The number of anilines is 1. The Hall–Kier alpha value is -2.06. The Morgan fingerprint density at radius 2 is 1.70 bits per heavy atom. The number of aromatic nitrogens is 2. The molecule has 2 saturated heterocycles. The van der Waals surface area contributed by atoms with Gasteiger partial charge >= 0.3 is 0 Å². The first-order valence-electron chi connectivity index (χ1n) is 11.5. The van der Waals surface area contributed by atoms with Gasteiger partial charge in [-0.3, -0.25) is 0 Å². The Bertz CT molecular complexity index is 990. The summed E-state index contributed by atoms with van der Waals surface area (Å²) in [6, 6.07) is 4.81. The first kappa shape index (κ1) is 22.7. The molecule has 1 N–H and O–H groups in total. The molecule has 1 aliphatic carbocycles. The van der Waals surface area contributed by atoms with Crippen LogP contribution in [-0.4, -0.2) is 68.5 Å². The lowest BCUT2D eigenvalue weighted by Crippen LogP contribution is -2.56. The van der Waals surface area contributed by atoms with Crippen LogP contribution in [0.15, 0.2) is 24.3 Å². The van der Waals surface area contributed by atoms with Gasteiger partial charge in [-0.25, -0.2) is 13.2 Å². The van der Waals surface area contributed by atoms with Gasteiger partial charge in [0.15, 0.2) is 11.6 Å². The lowest BCUT2D eigenvalue weighted by atomic mass is 9.52. The van der Waals surface area contributed by atoms with Crippen molar-refractivity contribution >= 4 is 21.5 Å². The smallest absolute Gasteiger partial charge is 0.168 e. The van der Waals surface area contributed by atoms with Gasteiger partial charge < -0.3 is 15.0 Å². The Labute approximate surface area is 194 Å². The zero-order chi connectivity index (χ0) is 23.2. The Kier molecular flexibility index (Phi) is 6.16. The zero-order valence-electron chi connectivity index (χ0n) is 18.3. The van der Waals surface area contributed by atoms with Gasteiger partial charge in [0.1, 0.15) is 11.6 Å². The van der Waals surface area contributed by atoms with Gasteiger partial charge in [-0.05, 0) is 61.6 Å². The molecule has 5 nitrogen and oxygen atoms in total. The summed E-state index contributed by atoms with van der Waals surface area (Å²) in [6.07, 6.45) is 3.73. The number of nitrogens with zero attached hydrogens (tertiary/aromatic N) is 3. The SMILES string of the molecule is [B]C([B])(C1CCOCC1)N1C[C@H]2CC(Nc3ccc(-c4cc(F)cc(F)c4F)nn3)C[C@H]2C1. The summed E-state index contributed by atoms with van der Waals surface area (Å²) in [4.78, 5) is 2.25. The number of hydrogen-bond acceptors (Lipinski definition) is 5. The molecule has 33 heavy (non-hydrogen) atoms. The van der Waals surface area contributed by atoms with E-state index in [9.17, 15) is 13.2 Å². The Morgan fingerprint density at radius 3 is 2.33 bits per heavy atom. The van der Waals surface area contributed by atoms with Gasteiger partial charge in [-0.1, -0.05) is 5.34 Å². The molecule has 3 heterocycles.